The second-order valence-corrected chi connectivity index (χ2v) is 7.18. The highest BCUT2D eigenvalue weighted by Gasteiger charge is 2.22. The molecule has 2 aromatic rings. The summed E-state index contributed by atoms with van der Waals surface area (Å²) in [4.78, 5) is 2.50. The maximum Gasteiger partial charge on any atom is 0.0486 e. The van der Waals surface area contributed by atoms with Gasteiger partial charge in [-0.2, -0.15) is 0 Å². The molecule has 3 nitrogen and oxygen atoms in total. The highest BCUT2D eigenvalue weighted by atomic mass is 15.1. The third-order valence-electron chi connectivity index (χ3n) is 5.48. The summed E-state index contributed by atoms with van der Waals surface area (Å²) in [5.41, 5.74) is 13.5. The van der Waals surface area contributed by atoms with Gasteiger partial charge in [0.15, 0.2) is 0 Å². The molecule has 1 atom stereocenters. The minimum Gasteiger partial charge on any atom is -0.348 e. The lowest BCUT2D eigenvalue weighted by Crippen LogP contribution is -2.29. The van der Waals surface area contributed by atoms with E-state index in [4.69, 9.17) is 5.73 Å². The molecule has 22 heavy (non-hydrogen) atoms. The average Bonchev–Trinajstić information content (AvgIpc) is 2.99. The summed E-state index contributed by atoms with van der Waals surface area (Å²) in [6, 6.07) is 5.05. The van der Waals surface area contributed by atoms with Gasteiger partial charge in [-0.15, -0.1) is 0 Å². The van der Waals surface area contributed by atoms with Gasteiger partial charge in [-0.25, -0.2) is 0 Å². The number of hydrogen-bond donors (Lipinski definition) is 1. The van der Waals surface area contributed by atoms with Gasteiger partial charge in [0.2, 0.25) is 0 Å². The fourth-order valence-electron chi connectivity index (χ4n) is 3.56. The van der Waals surface area contributed by atoms with Crippen molar-refractivity contribution in [1.82, 2.24) is 9.47 Å². The van der Waals surface area contributed by atoms with E-state index in [2.05, 4.69) is 56.3 Å². The molecular weight excluding hydrogens is 270 g/mol. The third-order valence-corrected chi connectivity index (χ3v) is 5.48. The highest BCUT2D eigenvalue weighted by molar-refractivity contribution is 5.87. The molecule has 1 unspecified atom stereocenters. The quantitative estimate of drug-likeness (QED) is 0.939. The fraction of sp³-hybridized carbons (Fsp3) is 0.579. The van der Waals surface area contributed by atoms with Crippen molar-refractivity contribution in [3.05, 3.63) is 34.5 Å². The van der Waals surface area contributed by atoms with E-state index >= 15 is 0 Å². The van der Waals surface area contributed by atoms with Crippen molar-refractivity contribution in [2.45, 2.75) is 53.2 Å². The number of aromatic nitrogens is 1. The highest BCUT2D eigenvalue weighted by Crippen LogP contribution is 2.33. The molecule has 0 fully saturated rings. The van der Waals surface area contributed by atoms with Gasteiger partial charge in [0, 0.05) is 42.8 Å². The molecule has 1 aliphatic heterocycles. The van der Waals surface area contributed by atoms with Gasteiger partial charge in [0.1, 0.15) is 0 Å². The van der Waals surface area contributed by atoms with Crippen LogP contribution in [0.2, 0.25) is 0 Å². The van der Waals surface area contributed by atoms with Crippen LogP contribution in [-0.2, 0) is 26.6 Å². The zero-order valence-electron chi connectivity index (χ0n) is 14.6. The molecule has 0 aliphatic carbocycles. The molecule has 0 spiro atoms. The Kier molecular flexibility index (Phi) is 4.04. The Hall–Kier alpha value is -1.32. The summed E-state index contributed by atoms with van der Waals surface area (Å²) in [6.07, 6.45) is 0.969. The van der Waals surface area contributed by atoms with Crippen molar-refractivity contribution in [3.8, 4) is 0 Å². The van der Waals surface area contributed by atoms with Crippen LogP contribution in [0.4, 0.5) is 0 Å². The van der Waals surface area contributed by atoms with Gasteiger partial charge in [0.05, 0.1) is 0 Å². The van der Waals surface area contributed by atoms with Gasteiger partial charge < -0.3 is 10.3 Å². The minimum atomic E-state index is 0.227. The van der Waals surface area contributed by atoms with E-state index in [1.54, 1.807) is 0 Å². The van der Waals surface area contributed by atoms with Crippen LogP contribution in [-0.4, -0.2) is 22.1 Å². The summed E-state index contributed by atoms with van der Waals surface area (Å²) in [6.45, 7) is 12.2. The molecule has 3 rings (SSSR count). The van der Waals surface area contributed by atoms with Crippen LogP contribution in [0.25, 0.3) is 10.9 Å². The smallest absolute Gasteiger partial charge is 0.0486 e. The Morgan fingerprint density at radius 3 is 2.41 bits per heavy atom. The van der Waals surface area contributed by atoms with E-state index in [9.17, 15) is 0 Å². The number of fused-ring (bicyclic) bond motifs is 2. The number of nitrogens with two attached hydrogens (primary N) is 1. The van der Waals surface area contributed by atoms with Crippen LogP contribution in [0, 0.1) is 12.8 Å². The molecule has 0 amide bonds. The van der Waals surface area contributed by atoms with Crippen LogP contribution in [0.1, 0.15) is 43.2 Å². The lowest BCUT2D eigenvalue weighted by Gasteiger charge is -2.16. The minimum absolute atomic E-state index is 0.227. The van der Waals surface area contributed by atoms with Gasteiger partial charge in [-0.05, 0) is 54.6 Å². The molecule has 1 aromatic carbocycles. The SMILES string of the molecule is CCN1Cc2cc3c(CC(N)C(C)C)c(C)n(C)c3cc2C1. The first-order chi connectivity index (χ1) is 10.4. The molecule has 2 heterocycles. The maximum atomic E-state index is 6.36. The predicted octanol–water partition coefficient (Wildman–Crippen LogP) is 3.35. The third kappa shape index (κ3) is 2.46. The molecular formula is C19H29N3. The number of aryl methyl sites for hydroxylation is 1. The Morgan fingerprint density at radius 2 is 1.82 bits per heavy atom. The number of nitrogens with zero attached hydrogens (tertiary/aromatic N) is 2. The van der Waals surface area contributed by atoms with Crippen molar-refractivity contribution in [2.75, 3.05) is 6.54 Å². The van der Waals surface area contributed by atoms with Gasteiger partial charge >= 0.3 is 0 Å². The zero-order chi connectivity index (χ0) is 16.0. The van der Waals surface area contributed by atoms with Crippen molar-refractivity contribution >= 4 is 10.9 Å². The van der Waals surface area contributed by atoms with Gasteiger partial charge in [0.25, 0.3) is 0 Å². The van der Waals surface area contributed by atoms with E-state index < -0.39 is 0 Å². The van der Waals surface area contributed by atoms with E-state index in [1.165, 1.54) is 33.3 Å². The Bertz CT molecular complexity index is 697. The number of benzene rings is 1. The predicted molar refractivity (Wildman–Crippen MR) is 94.0 cm³/mol. The van der Waals surface area contributed by atoms with E-state index in [1.807, 2.05) is 0 Å². The summed E-state index contributed by atoms with van der Waals surface area (Å²) in [5.74, 6) is 0.514. The molecule has 1 aromatic heterocycles. The average molecular weight is 299 g/mol. The van der Waals surface area contributed by atoms with Crippen LogP contribution >= 0.6 is 0 Å². The lowest BCUT2D eigenvalue weighted by molar-refractivity contribution is 0.301. The monoisotopic (exact) mass is 299 g/mol. The summed E-state index contributed by atoms with van der Waals surface area (Å²) < 4.78 is 2.34. The van der Waals surface area contributed by atoms with Crippen molar-refractivity contribution < 1.29 is 0 Å². The van der Waals surface area contributed by atoms with Gasteiger partial charge in [-0.1, -0.05) is 20.8 Å². The summed E-state index contributed by atoms with van der Waals surface area (Å²) in [7, 11) is 2.18. The second-order valence-electron chi connectivity index (χ2n) is 7.18. The standard InChI is InChI=1S/C19H29N3/c1-6-22-10-14-7-17-16(9-18(20)12(2)3)13(4)21(5)19(17)8-15(14)11-22/h7-8,12,18H,6,9-11,20H2,1-5H3. The van der Waals surface area contributed by atoms with Crippen LogP contribution in [0.15, 0.2) is 12.1 Å². The van der Waals surface area contributed by atoms with Crippen molar-refractivity contribution in [3.63, 3.8) is 0 Å². The maximum absolute atomic E-state index is 6.36. The molecule has 1 aliphatic rings. The zero-order valence-corrected chi connectivity index (χ0v) is 14.6. The van der Waals surface area contributed by atoms with Crippen LogP contribution in [0.3, 0.4) is 0 Å². The largest absolute Gasteiger partial charge is 0.348 e. The lowest BCUT2D eigenvalue weighted by atomic mass is 9.95. The Labute approximate surface area is 134 Å². The topological polar surface area (TPSA) is 34.2 Å². The normalized spacial score (nSPS) is 16.7. The summed E-state index contributed by atoms with van der Waals surface area (Å²) >= 11 is 0. The molecule has 0 saturated heterocycles. The number of rotatable bonds is 4. The van der Waals surface area contributed by atoms with Crippen molar-refractivity contribution in [2.24, 2.45) is 18.7 Å². The number of hydrogen-bond acceptors (Lipinski definition) is 2. The summed E-state index contributed by atoms with van der Waals surface area (Å²) in [5, 5.41) is 1.41. The first kappa shape index (κ1) is 15.6. The van der Waals surface area contributed by atoms with Crippen molar-refractivity contribution in [1.29, 1.82) is 0 Å². The van der Waals surface area contributed by atoms with E-state index in [0.717, 1.165) is 26.1 Å². The Morgan fingerprint density at radius 1 is 1.18 bits per heavy atom. The second kappa shape index (κ2) is 5.71. The molecule has 3 heteroatoms. The fourth-order valence-corrected chi connectivity index (χ4v) is 3.56. The van der Waals surface area contributed by atoms with Crippen LogP contribution < -0.4 is 5.73 Å². The molecule has 0 bridgehead atoms. The van der Waals surface area contributed by atoms with Gasteiger partial charge in [-0.3, -0.25) is 4.90 Å². The van der Waals surface area contributed by atoms with Crippen LogP contribution in [0.5, 0.6) is 0 Å². The first-order valence-corrected chi connectivity index (χ1v) is 8.50. The molecule has 2 N–H and O–H groups in total. The Balaban J connectivity index is 2.08. The first-order valence-electron chi connectivity index (χ1n) is 8.50. The molecule has 0 radical (unpaired) electrons. The molecule has 0 saturated carbocycles. The van der Waals surface area contributed by atoms with E-state index in [-0.39, 0.29) is 6.04 Å². The molecule has 120 valence electrons. The van der Waals surface area contributed by atoms with E-state index in [0.29, 0.717) is 5.92 Å².